The molecule has 0 bridgehead atoms. The molecule has 3 rings (SSSR count). The number of fused-ring (bicyclic) bond motifs is 1. The van der Waals surface area contributed by atoms with Crippen molar-refractivity contribution in [3.63, 3.8) is 0 Å². The van der Waals surface area contributed by atoms with Crippen LogP contribution in [-0.2, 0) is 0 Å². The number of amides is 1. The summed E-state index contributed by atoms with van der Waals surface area (Å²) in [6, 6.07) is 7.39. The van der Waals surface area contributed by atoms with Gasteiger partial charge in [-0.25, -0.2) is 0 Å². The number of nitrogens with zero attached hydrogens (tertiary/aromatic N) is 5. The molecule has 0 saturated heterocycles. The average Bonchev–Trinajstić information content (AvgIpc) is 3.09. The Morgan fingerprint density at radius 3 is 2.55 bits per heavy atom. The number of carbonyl (C=O) groups excluding carboxylic acids is 1. The van der Waals surface area contributed by atoms with Gasteiger partial charge < -0.3 is 4.90 Å². The first-order valence-electron chi connectivity index (χ1n) is 6.91. The molecule has 0 aliphatic heterocycles. The van der Waals surface area contributed by atoms with Gasteiger partial charge in [0.05, 0.1) is 0 Å². The van der Waals surface area contributed by atoms with Crippen LogP contribution >= 0.6 is 22.9 Å². The van der Waals surface area contributed by atoms with Crippen molar-refractivity contribution in [2.24, 2.45) is 0 Å². The van der Waals surface area contributed by atoms with Crippen molar-refractivity contribution < 1.29 is 4.79 Å². The third-order valence-electron chi connectivity index (χ3n) is 3.32. The smallest absolute Gasteiger partial charge is 0.293 e. The maximum absolute atomic E-state index is 12.4. The minimum Gasteiger partial charge on any atom is -0.336 e. The van der Waals surface area contributed by atoms with Crippen molar-refractivity contribution in [1.82, 2.24) is 24.7 Å². The quantitative estimate of drug-likeness (QED) is 0.735. The first kappa shape index (κ1) is 14.9. The molecule has 0 atom stereocenters. The largest absolute Gasteiger partial charge is 0.336 e. The third kappa shape index (κ3) is 2.57. The van der Waals surface area contributed by atoms with Crippen LogP contribution in [0.5, 0.6) is 0 Å². The Hall–Kier alpha value is -1.99. The highest BCUT2D eigenvalue weighted by atomic mass is 35.5. The average molecular weight is 336 g/mol. The zero-order chi connectivity index (χ0) is 15.7. The van der Waals surface area contributed by atoms with Crippen LogP contribution in [0, 0.1) is 0 Å². The van der Waals surface area contributed by atoms with Gasteiger partial charge in [0.15, 0.2) is 0 Å². The number of hydrogen-bond acceptors (Lipinski definition) is 5. The van der Waals surface area contributed by atoms with Crippen molar-refractivity contribution in [3.05, 3.63) is 35.1 Å². The molecular formula is C14H14ClN5OS. The summed E-state index contributed by atoms with van der Waals surface area (Å²) in [6.07, 6.45) is 0. The lowest BCUT2D eigenvalue weighted by Crippen LogP contribution is -2.32. The molecule has 0 aliphatic carbocycles. The Morgan fingerprint density at radius 2 is 1.91 bits per heavy atom. The normalized spacial score (nSPS) is 11.0. The molecule has 2 heterocycles. The van der Waals surface area contributed by atoms with E-state index in [2.05, 4.69) is 15.3 Å². The minimum absolute atomic E-state index is 0.162. The summed E-state index contributed by atoms with van der Waals surface area (Å²) in [5.74, 6) is 0.0839. The van der Waals surface area contributed by atoms with Crippen molar-refractivity contribution in [1.29, 1.82) is 0 Å². The first-order valence-corrected chi connectivity index (χ1v) is 8.11. The van der Waals surface area contributed by atoms with Crippen molar-refractivity contribution >= 4 is 33.8 Å². The summed E-state index contributed by atoms with van der Waals surface area (Å²) in [5.41, 5.74) is 0.932. The molecule has 0 fully saturated rings. The van der Waals surface area contributed by atoms with Crippen LogP contribution < -0.4 is 0 Å². The molecule has 3 aromatic rings. The first-order chi connectivity index (χ1) is 10.6. The van der Waals surface area contributed by atoms with Gasteiger partial charge in [0.25, 0.3) is 5.91 Å². The lowest BCUT2D eigenvalue weighted by Gasteiger charge is -2.16. The van der Waals surface area contributed by atoms with Gasteiger partial charge >= 0.3 is 0 Å². The molecule has 114 valence electrons. The summed E-state index contributed by atoms with van der Waals surface area (Å²) < 4.78 is 1.51. The van der Waals surface area contributed by atoms with Crippen molar-refractivity contribution in [2.75, 3.05) is 13.1 Å². The van der Waals surface area contributed by atoms with E-state index in [1.165, 1.54) is 15.9 Å². The van der Waals surface area contributed by atoms with E-state index in [-0.39, 0.29) is 11.7 Å². The van der Waals surface area contributed by atoms with Crippen LogP contribution in [0.25, 0.3) is 15.5 Å². The molecule has 0 N–H and O–H groups in total. The third-order valence-corrected chi connectivity index (χ3v) is 4.52. The van der Waals surface area contributed by atoms with E-state index in [9.17, 15) is 4.79 Å². The van der Waals surface area contributed by atoms with Crippen LogP contribution in [-0.4, -0.2) is 43.7 Å². The van der Waals surface area contributed by atoms with E-state index < -0.39 is 0 Å². The predicted octanol–water partition coefficient (Wildman–Crippen LogP) is 2.99. The van der Waals surface area contributed by atoms with Gasteiger partial charge in [-0.2, -0.15) is 9.61 Å². The Kier molecular flexibility index (Phi) is 4.08. The molecule has 0 unspecified atom stereocenters. The molecule has 8 heteroatoms. The topological polar surface area (TPSA) is 63.4 Å². The van der Waals surface area contributed by atoms with Crippen LogP contribution in [0.1, 0.15) is 24.5 Å². The SMILES string of the molecule is CCN(CC)C(=O)c1nnc2sc(-c3ccc(Cl)cc3)nn12. The summed E-state index contributed by atoms with van der Waals surface area (Å²) in [7, 11) is 0. The molecule has 0 aliphatic rings. The van der Waals surface area contributed by atoms with Gasteiger partial charge in [-0.1, -0.05) is 35.1 Å². The van der Waals surface area contributed by atoms with Crippen LogP contribution in [0.2, 0.25) is 5.02 Å². The summed E-state index contributed by atoms with van der Waals surface area (Å²) in [6.45, 7) is 5.11. The molecule has 2 aromatic heterocycles. The summed E-state index contributed by atoms with van der Waals surface area (Å²) >= 11 is 7.28. The highest BCUT2D eigenvalue weighted by Crippen LogP contribution is 2.26. The van der Waals surface area contributed by atoms with E-state index in [1.54, 1.807) is 17.0 Å². The number of rotatable bonds is 4. The summed E-state index contributed by atoms with van der Waals surface area (Å²) in [4.78, 5) is 14.7. The zero-order valence-electron chi connectivity index (χ0n) is 12.2. The van der Waals surface area contributed by atoms with Crippen molar-refractivity contribution in [3.8, 4) is 10.6 Å². The Bertz CT molecular complexity index is 806. The Labute approximate surface area is 136 Å². The maximum Gasteiger partial charge on any atom is 0.293 e. The Morgan fingerprint density at radius 1 is 1.23 bits per heavy atom. The number of carbonyl (C=O) groups is 1. The van der Waals surface area contributed by atoms with E-state index in [0.29, 0.717) is 23.1 Å². The molecule has 1 aromatic carbocycles. The van der Waals surface area contributed by atoms with E-state index in [4.69, 9.17) is 11.6 Å². The van der Waals surface area contributed by atoms with Crippen LogP contribution in [0.3, 0.4) is 0 Å². The minimum atomic E-state index is -0.162. The highest BCUT2D eigenvalue weighted by Gasteiger charge is 2.22. The fourth-order valence-corrected chi connectivity index (χ4v) is 3.08. The lowest BCUT2D eigenvalue weighted by molar-refractivity contribution is 0.0758. The number of halogens is 1. The number of hydrogen-bond donors (Lipinski definition) is 0. The van der Waals surface area contributed by atoms with Crippen LogP contribution in [0.4, 0.5) is 0 Å². The second kappa shape index (κ2) is 6.02. The highest BCUT2D eigenvalue weighted by molar-refractivity contribution is 7.19. The molecule has 0 saturated carbocycles. The number of aromatic nitrogens is 4. The van der Waals surface area contributed by atoms with Gasteiger partial charge in [-0.15, -0.1) is 10.2 Å². The number of benzene rings is 1. The zero-order valence-corrected chi connectivity index (χ0v) is 13.7. The van der Waals surface area contributed by atoms with Gasteiger partial charge in [0.2, 0.25) is 10.8 Å². The fraction of sp³-hybridized carbons (Fsp3) is 0.286. The van der Waals surface area contributed by atoms with E-state index in [1.807, 2.05) is 26.0 Å². The van der Waals surface area contributed by atoms with Gasteiger partial charge in [-0.3, -0.25) is 4.79 Å². The maximum atomic E-state index is 12.4. The van der Waals surface area contributed by atoms with Gasteiger partial charge in [-0.05, 0) is 26.0 Å². The molecular weight excluding hydrogens is 322 g/mol. The lowest BCUT2D eigenvalue weighted by atomic mass is 10.2. The van der Waals surface area contributed by atoms with E-state index >= 15 is 0 Å². The monoisotopic (exact) mass is 335 g/mol. The molecule has 22 heavy (non-hydrogen) atoms. The molecule has 6 nitrogen and oxygen atoms in total. The van der Waals surface area contributed by atoms with Crippen LogP contribution in [0.15, 0.2) is 24.3 Å². The second-order valence-corrected chi connectivity index (χ2v) is 6.00. The Balaban J connectivity index is 2.01. The molecule has 0 spiro atoms. The second-order valence-electron chi connectivity index (χ2n) is 4.61. The fourth-order valence-electron chi connectivity index (χ4n) is 2.11. The van der Waals surface area contributed by atoms with Crippen molar-refractivity contribution in [2.45, 2.75) is 13.8 Å². The molecule has 0 radical (unpaired) electrons. The van der Waals surface area contributed by atoms with Gasteiger partial charge in [0.1, 0.15) is 5.01 Å². The molecule has 1 amide bonds. The summed E-state index contributed by atoms with van der Waals surface area (Å²) in [5, 5.41) is 13.9. The van der Waals surface area contributed by atoms with E-state index in [0.717, 1.165) is 10.6 Å². The standard InChI is InChI=1S/C14H14ClN5OS/c1-3-19(4-2)13(21)11-16-17-14-20(11)18-12(22-14)9-5-7-10(15)8-6-9/h5-8H,3-4H2,1-2H3. The predicted molar refractivity (Wildman–Crippen MR) is 86.4 cm³/mol. The van der Waals surface area contributed by atoms with Gasteiger partial charge in [0, 0.05) is 23.7 Å².